The van der Waals surface area contributed by atoms with E-state index in [1.54, 1.807) is 6.20 Å². The number of aryl methyl sites for hydroxylation is 1. The van der Waals surface area contributed by atoms with E-state index in [1.807, 2.05) is 23.1 Å². The van der Waals surface area contributed by atoms with Gasteiger partial charge in [0, 0.05) is 24.5 Å². The minimum atomic E-state index is 0.636. The van der Waals surface area contributed by atoms with E-state index in [2.05, 4.69) is 10.1 Å². The highest BCUT2D eigenvalue weighted by Crippen LogP contribution is 2.11. The second-order valence-electron chi connectivity index (χ2n) is 3.46. The molecule has 0 atom stereocenters. The van der Waals surface area contributed by atoms with Crippen LogP contribution >= 0.6 is 0 Å². The average molecular weight is 203 g/mol. The highest BCUT2D eigenvalue weighted by molar-refractivity contribution is 5.77. The van der Waals surface area contributed by atoms with E-state index >= 15 is 0 Å². The topological polar surface area (TPSA) is 47.8 Å². The predicted octanol–water partition coefficient (Wildman–Crippen LogP) is 1.80. The van der Waals surface area contributed by atoms with Crippen molar-refractivity contribution in [1.29, 1.82) is 0 Å². The first-order valence-corrected chi connectivity index (χ1v) is 5.11. The molecular weight excluding hydrogens is 190 g/mol. The number of carbonyl (C=O) groups is 1. The van der Waals surface area contributed by atoms with Crippen molar-refractivity contribution in [2.24, 2.45) is 0 Å². The van der Waals surface area contributed by atoms with Crippen LogP contribution in [0, 0.1) is 0 Å². The zero-order valence-corrected chi connectivity index (χ0v) is 8.47. The number of rotatable bonds is 5. The van der Waals surface area contributed by atoms with Gasteiger partial charge in [0.2, 0.25) is 0 Å². The van der Waals surface area contributed by atoms with E-state index in [1.165, 1.54) is 0 Å². The molecule has 0 saturated carbocycles. The van der Waals surface area contributed by atoms with Crippen LogP contribution in [-0.4, -0.2) is 21.1 Å². The van der Waals surface area contributed by atoms with E-state index in [-0.39, 0.29) is 0 Å². The zero-order chi connectivity index (χ0) is 10.5. The van der Waals surface area contributed by atoms with Gasteiger partial charge in [-0.25, -0.2) is 0 Å². The van der Waals surface area contributed by atoms with Crippen molar-refractivity contribution in [3.8, 4) is 0 Å². The maximum absolute atomic E-state index is 10.1. The quantitative estimate of drug-likeness (QED) is 0.550. The Morgan fingerprint density at radius 2 is 2.27 bits per heavy atom. The molecule has 2 heterocycles. The highest BCUT2D eigenvalue weighted by Gasteiger charge is 2.00. The summed E-state index contributed by atoms with van der Waals surface area (Å²) in [5.41, 5.74) is 1.06. The number of pyridine rings is 1. The van der Waals surface area contributed by atoms with E-state index in [4.69, 9.17) is 0 Å². The summed E-state index contributed by atoms with van der Waals surface area (Å²) in [5.74, 6) is 0. The molecule has 2 rings (SSSR count). The molecule has 15 heavy (non-hydrogen) atoms. The third-order valence-corrected chi connectivity index (χ3v) is 2.39. The van der Waals surface area contributed by atoms with Crippen LogP contribution in [-0.2, 0) is 11.3 Å². The molecule has 0 N–H and O–H groups in total. The molecule has 2 aromatic heterocycles. The predicted molar refractivity (Wildman–Crippen MR) is 57.4 cm³/mol. The van der Waals surface area contributed by atoms with Gasteiger partial charge in [-0.05, 0) is 18.9 Å². The minimum Gasteiger partial charge on any atom is -0.303 e. The summed E-state index contributed by atoms with van der Waals surface area (Å²) < 4.78 is 1.94. The molecule has 0 saturated heterocycles. The van der Waals surface area contributed by atoms with Crippen molar-refractivity contribution in [3.05, 3.63) is 24.7 Å². The van der Waals surface area contributed by atoms with Gasteiger partial charge in [0.05, 0.1) is 17.9 Å². The number of hydrogen-bond donors (Lipinski definition) is 0. The van der Waals surface area contributed by atoms with Crippen LogP contribution in [0.4, 0.5) is 0 Å². The number of aromatic nitrogens is 3. The lowest BCUT2D eigenvalue weighted by atomic mass is 10.2. The summed E-state index contributed by atoms with van der Waals surface area (Å²) in [6.07, 6.45) is 8.93. The lowest BCUT2D eigenvalue weighted by Gasteiger charge is -2.01. The Morgan fingerprint density at radius 3 is 3.13 bits per heavy atom. The average Bonchev–Trinajstić information content (AvgIpc) is 2.68. The monoisotopic (exact) mass is 203 g/mol. The maximum Gasteiger partial charge on any atom is 0.119 e. The Hall–Kier alpha value is -1.71. The first-order valence-electron chi connectivity index (χ1n) is 5.11. The molecule has 0 radical (unpaired) electrons. The van der Waals surface area contributed by atoms with Crippen LogP contribution in [0.3, 0.4) is 0 Å². The minimum absolute atomic E-state index is 0.636. The third-order valence-electron chi connectivity index (χ3n) is 2.39. The Morgan fingerprint density at radius 1 is 1.33 bits per heavy atom. The van der Waals surface area contributed by atoms with Crippen molar-refractivity contribution in [1.82, 2.24) is 14.8 Å². The molecule has 4 heteroatoms. The molecule has 0 aliphatic rings. The Balaban J connectivity index is 2.05. The third kappa shape index (κ3) is 2.21. The standard InChI is InChI=1S/C11H13N3O/c15-7-3-1-2-6-14-11-9-12-5-4-10(11)8-13-14/h4-5,7-9H,1-3,6H2. The van der Waals surface area contributed by atoms with Crippen LogP contribution in [0.5, 0.6) is 0 Å². The molecule has 0 fully saturated rings. The molecule has 0 aliphatic carbocycles. The fraction of sp³-hybridized carbons (Fsp3) is 0.364. The number of unbranched alkanes of at least 4 members (excludes halogenated alkanes) is 2. The smallest absolute Gasteiger partial charge is 0.119 e. The molecule has 0 aromatic carbocycles. The molecular formula is C11H13N3O. The molecule has 2 aromatic rings. The number of nitrogens with zero attached hydrogens (tertiary/aromatic N) is 3. The van der Waals surface area contributed by atoms with Gasteiger partial charge in [0.15, 0.2) is 0 Å². The lowest BCUT2D eigenvalue weighted by molar-refractivity contribution is -0.107. The lowest BCUT2D eigenvalue weighted by Crippen LogP contribution is -1.99. The second-order valence-corrected chi connectivity index (χ2v) is 3.46. The Kier molecular flexibility index (Phi) is 3.07. The van der Waals surface area contributed by atoms with Crippen molar-refractivity contribution < 1.29 is 4.79 Å². The summed E-state index contributed by atoms with van der Waals surface area (Å²) in [4.78, 5) is 14.2. The van der Waals surface area contributed by atoms with Crippen LogP contribution in [0.1, 0.15) is 19.3 Å². The molecule has 78 valence electrons. The largest absolute Gasteiger partial charge is 0.303 e. The molecule has 0 unspecified atom stereocenters. The number of hydrogen-bond acceptors (Lipinski definition) is 3. The second kappa shape index (κ2) is 4.68. The summed E-state index contributed by atoms with van der Waals surface area (Å²) in [7, 11) is 0. The van der Waals surface area contributed by atoms with Crippen LogP contribution < -0.4 is 0 Å². The molecule has 0 spiro atoms. The number of aldehydes is 1. The fourth-order valence-electron chi connectivity index (χ4n) is 1.58. The molecule has 4 nitrogen and oxygen atoms in total. The van der Waals surface area contributed by atoms with Crippen molar-refractivity contribution >= 4 is 17.2 Å². The van der Waals surface area contributed by atoms with Gasteiger partial charge in [-0.15, -0.1) is 0 Å². The highest BCUT2D eigenvalue weighted by atomic mass is 16.1. The van der Waals surface area contributed by atoms with Gasteiger partial charge in [0.25, 0.3) is 0 Å². The number of carbonyl (C=O) groups excluding carboxylic acids is 1. The molecule has 0 amide bonds. The van der Waals surface area contributed by atoms with Crippen LogP contribution in [0.2, 0.25) is 0 Å². The summed E-state index contributed by atoms with van der Waals surface area (Å²) in [6, 6.07) is 1.95. The van der Waals surface area contributed by atoms with Gasteiger partial charge in [-0.1, -0.05) is 0 Å². The molecule has 0 aliphatic heterocycles. The van der Waals surface area contributed by atoms with Crippen molar-refractivity contribution in [2.75, 3.05) is 0 Å². The van der Waals surface area contributed by atoms with E-state index < -0.39 is 0 Å². The SMILES string of the molecule is O=CCCCCn1ncc2ccncc21. The Bertz CT molecular complexity index is 450. The van der Waals surface area contributed by atoms with Gasteiger partial charge >= 0.3 is 0 Å². The van der Waals surface area contributed by atoms with E-state index in [0.29, 0.717) is 6.42 Å². The summed E-state index contributed by atoms with van der Waals surface area (Å²) in [6.45, 7) is 0.850. The van der Waals surface area contributed by atoms with Crippen molar-refractivity contribution in [2.45, 2.75) is 25.8 Å². The summed E-state index contributed by atoms with van der Waals surface area (Å²) >= 11 is 0. The van der Waals surface area contributed by atoms with Gasteiger partial charge < -0.3 is 4.79 Å². The van der Waals surface area contributed by atoms with E-state index in [0.717, 1.165) is 36.6 Å². The summed E-state index contributed by atoms with van der Waals surface area (Å²) in [5, 5.41) is 5.39. The molecule has 0 bridgehead atoms. The zero-order valence-electron chi connectivity index (χ0n) is 8.47. The van der Waals surface area contributed by atoms with Crippen LogP contribution in [0.15, 0.2) is 24.7 Å². The first kappa shape index (κ1) is 9.83. The van der Waals surface area contributed by atoms with Gasteiger partial charge in [-0.3, -0.25) is 9.67 Å². The fourth-order valence-corrected chi connectivity index (χ4v) is 1.58. The number of fused-ring (bicyclic) bond motifs is 1. The van der Waals surface area contributed by atoms with E-state index in [9.17, 15) is 4.79 Å². The van der Waals surface area contributed by atoms with Crippen LogP contribution in [0.25, 0.3) is 10.9 Å². The van der Waals surface area contributed by atoms with Gasteiger partial charge in [-0.2, -0.15) is 5.10 Å². The Labute approximate surface area is 87.9 Å². The maximum atomic E-state index is 10.1. The van der Waals surface area contributed by atoms with Gasteiger partial charge in [0.1, 0.15) is 6.29 Å². The first-order chi connectivity index (χ1) is 7.42. The van der Waals surface area contributed by atoms with Crippen molar-refractivity contribution in [3.63, 3.8) is 0 Å². The normalized spacial score (nSPS) is 10.7.